The molecular formula is C17H18O. The van der Waals surface area contributed by atoms with Gasteiger partial charge in [0.15, 0.2) is 0 Å². The summed E-state index contributed by atoms with van der Waals surface area (Å²) in [5.74, 6) is 0.302. The first-order chi connectivity index (χ1) is 8.54. The van der Waals surface area contributed by atoms with E-state index in [9.17, 15) is 5.11 Å². The van der Waals surface area contributed by atoms with Gasteiger partial charge in [-0.3, -0.25) is 0 Å². The molecule has 2 aromatic carbocycles. The maximum absolute atomic E-state index is 9.35. The highest BCUT2D eigenvalue weighted by Gasteiger charge is 2.22. The second-order valence-corrected chi connectivity index (χ2v) is 5.00. The van der Waals surface area contributed by atoms with Crippen LogP contribution >= 0.6 is 0 Å². The smallest absolute Gasteiger partial charge is 0.115 e. The van der Waals surface area contributed by atoms with Gasteiger partial charge in [0.25, 0.3) is 0 Å². The van der Waals surface area contributed by atoms with Crippen molar-refractivity contribution in [3.8, 4) is 5.75 Å². The highest BCUT2D eigenvalue weighted by molar-refractivity contribution is 5.49. The Hall–Kier alpha value is -2.02. The summed E-state index contributed by atoms with van der Waals surface area (Å²) in [6.45, 7) is 8.13. The van der Waals surface area contributed by atoms with Gasteiger partial charge < -0.3 is 5.11 Å². The molecule has 0 aliphatic heterocycles. The molecule has 0 saturated heterocycles. The predicted octanol–water partition coefficient (Wildman–Crippen LogP) is 4.36. The van der Waals surface area contributed by atoms with Crippen LogP contribution in [-0.4, -0.2) is 5.11 Å². The Balaban J connectivity index is 2.39. The zero-order chi connectivity index (χ0) is 13.2. The maximum Gasteiger partial charge on any atom is 0.115 e. The summed E-state index contributed by atoms with van der Waals surface area (Å²) in [5, 5.41) is 9.35. The normalized spacial score (nSPS) is 11.2. The van der Waals surface area contributed by atoms with E-state index in [4.69, 9.17) is 0 Å². The molecular weight excluding hydrogens is 220 g/mol. The summed E-state index contributed by atoms with van der Waals surface area (Å²) in [5.41, 5.74) is 3.48. The Bertz CT molecular complexity index is 533. The summed E-state index contributed by atoms with van der Waals surface area (Å²) >= 11 is 0. The molecule has 1 nitrogen and oxygen atoms in total. The fourth-order valence-corrected chi connectivity index (χ4v) is 2.08. The molecule has 18 heavy (non-hydrogen) atoms. The van der Waals surface area contributed by atoms with E-state index in [1.165, 1.54) is 11.1 Å². The lowest BCUT2D eigenvalue weighted by Crippen LogP contribution is -2.18. The molecule has 1 heteroatoms. The number of aromatic hydroxyl groups is 1. The van der Waals surface area contributed by atoms with Crippen molar-refractivity contribution in [3.05, 3.63) is 71.8 Å². The van der Waals surface area contributed by atoms with E-state index in [-0.39, 0.29) is 5.41 Å². The fraction of sp³-hybridized carbons (Fsp3) is 0.176. The molecule has 0 amide bonds. The minimum Gasteiger partial charge on any atom is -0.508 e. The first kappa shape index (κ1) is 12.4. The molecule has 92 valence electrons. The third kappa shape index (κ3) is 2.30. The topological polar surface area (TPSA) is 20.2 Å². The molecule has 0 unspecified atom stereocenters. The average Bonchev–Trinajstić information content (AvgIpc) is 2.39. The lowest BCUT2D eigenvalue weighted by molar-refractivity contribution is 0.474. The fourth-order valence-electron chi connectivity index (χ4n) is 2.08. The van der Waals surface area contributed by atoms with E-state index < -0.39 is 0 Å². The molecule has 0 aromatic heterocycles. The average molecular weight is 238 g/mol. The number of benzene rings is 2. The van der Waals surface area contributed by atoms with Gasteiger partial charge >= 0.3 is 0 Å². The van der Waals surface area contributed by atoms with E-state index in [0.717, 1.165) is 5.56 Å². The van der Waals surface area contributed by atoms with Crippen molar-refractivity contribution in [2.45, 2.75) is 19.3 Å². The molecule has 0 fully saturated rings. The quantitative estimate of drug-likeness (QED) is 0.842. The summed E-state index contributed by atoms with van der Waals surface area (Å²) in [7, 11) is 0. The molecule has 0 heterocycles. The van der Waals surface area contributed by atoms with Crippen LogP contribution in [0.2, 0.25) is 0 Å². The van der Waals surface area contributed by atoms with Crippen LogP contribution < -0.4 is 0 Å². The van der Waals surface area contributed by atoms with Crippen LogP contribution in [0.15, 0.2) is 55.1 Å². The highest BCUT2D eigenvalue weighted by Crippen LogP contribution is 2.32. The highest BCUT2D eigenvalue weighted by atomic mass is 16.3. The zero-order valence-electron chi connectivity index (χ0n) is 10.9. The molecule has 2 aromatic rings. The molecule has 0 spiro atoms. The molecule has 0 aliphatic rings. The van der Waals surface area contributed by atoms with Crippen molar-refractivity contribution in [1.29, 1.82) is 0 Å². The third-order valence-electron chi connectivity index (χ3n) is 3.46. The van der Waals surface area contributed by atoms with Gasteiger partial charge in [-0.05, 0) is 28.8 Å². The largest absolute Gasteiger partial charge is 0.508 e. The number of hydrogen-bond donors (Lipinski definition) is 1. The van der Waals surface area contributed by atoms with Crippen LogP contribution in [0.3, 0.4) is 0 Å². The lowest BCUT2D eigenvalue weighted by Gasteiger charge is -2.26. The molecule has 0 atom stereocenters. The Morgan fingerprint density at radius 3 is 1.78 bits per heavy atom. The van der Waals surface area contributed by atoms with Gasteiger partial charge in [-0.1, -0.05) is 62.9 Å². The van der Waals surface area contributed by atoms with Crippen molar-refractivity contribution in [2.75, 3.05) is 0 Å². The third-order valence-corrected chi connectivity index (χ3v) is 3.46. The van der Waals surface area contributed by atoms with Crippen molar-refractivity contribution in [3.63, 3.8) is 0 Å². The van der Waals surface area contributed by atoms with Gasteiger partial charge in [0.05, 0.1) is 0 Å². The Morgan fingerprint density at radius 2 is 1.33 bits per heavy atom. The maximum atomic E-state index is 9.35. The van der Waals surface area contributed by atoms with Gasteiger partial charge in [0, 0.05) is 5.41 Å². The predicted molar refractivity (Wildman–Crippen MR) is 76.8 cm³/mol. The summed E-state index contributed by atoms with van der Waals surface area (Å²) in [6, 6.07) is 15.8. The van der Waals surface area contributed by atoms with Gasteiger partial charge in [0.2, 0.25) is 0 Å². The van der Waals surface area contributed by atoms with E-state index in [1.807, 2.05) is 18.2 Å². The molecule has 0 radical (unpaired) electrons. The Labute approximate surface area is 108 Å². The number of phenols is 1. The second kappa shape index (κ2) is 4.69. The van der Waals surface area contributed by atoms with E-state index >= 15 is 0 Å². The van der Waals surface area contributed by atoms with E-state index in [2.05, 4.69) is 44.7 Å². The molecule has 0 saturated carbocycles. The van der Waals surface area contributed by atoms with Gasteiger partial charge in [-0.2, -0.15) is 0 Å². The van der Waals surface area contributed by atoms with Crippen LogP contribution in [0, 0.1) is 0 Å². The number of phenolic OH excluding ortho intramolecular Hbond substituents is 1. The van der Waals surface area contributed by atoms with E-state index in [0.29, 0.717) is 5.75 Å². The monoisotopic (exact) mass is 238 g/mol. The Kier molecular flexibility index (Phi) is 3.24. The molecule has 1 N–H and O–H groups in total. The minimum atomic E-state index is -0.0760. The second-order valence-electron chi connectivity index (χ2n) is 5.00. The van der Waals surface area contributed by atoms with Crippen LogP contribution in [0.5, 0.6) is 5.75 Å². The zero-order valence-corrected chi connectivity index (χ0v) is 10.9. The molecule has 0 aliphatic carbocycles. The Morgan fingerprint density at radius 1 is 0.889 bits per heavy atom. The first-order valence-corrected chi connectivity index (χ1v) is 6.06. The lowest BCUT2D eigenvalue weighted by atomic mass is 9.78. The van der Waals surface area contributed by atoms with Crippen LogP contribution in [-0.2, 0) is 5.41 Å². The number of rotatable bonds is 3. The summed E-state index contributed by atoms with van der Waals surface area (Å²) < 4.78 is 0. The van der Waals surface area contributed by atoms with Crippen LogP contribution in [0.25, 0.3) is 6.08 Å². The first-order valence-electron chi connectivity index (χ1n) is 6.06. The van der Waals surface area contributed by atoms with Crippen molar-refractivity contribution in [2.24, 2.45) is 0 Å². The summed E-state index contributed by atoms with van der Waals surface area (Å²) in [6.07, 6.45) is 1.84. The number of hydrogen-bond acceptors (Lipinski definition) is 1. The standard InChI is InChI=1S/C17H18O/c1-4-13-5-7-14(8-6-13)17(2,3)15-9-11-16(18)12-10-15/h4-12,18H,1H2,2-3H3. The molecule has 0 bridgehead atoms. The molecule has 2 rings (SSSR count). The van der Waals surface area contributed by atoms with Crippen molar-refractivity contribution < 1.29 is 5.11 Å². The van der Waals surface area contributed by atoms with Gasteiger partial charge in [-0.25, -0.2) is 0 Å². The van der Waals surface area contributed by atoms with E-state index in [1.54, 1.807) is 12.1 Å². The SMILES string of the molecule is C=Cc1ccc(C(C)(C)c2ccc(O)cc2)cc1. The minimum absolute atomic E-state index is 0.0760. The van der Waals surface area contributed by atoms with Crippen LogP contribution in [0.1, 0.15) is 30.5 Å². The van der Waals surface area contributed by atoms with Gasteiger partial charge in [0.1, 0.15) is 5.75 Å². The van der Waals surface area contributed by atoms with Crippen LogP contribution in [0.4, 0.5) is 0 Å². The van der Waals surface area contributed by atoms with Gasteiger partial charge in [-0.15, -0.1) is 0 Å². The van der Waals surface area contributed by atoms with Crippen molar-refractivity contribution >= 4 is 6.08 Å². The van der Waals surface area contributed by atoms with Crippen molar-refractivity contribution in [1.82, 2.24) is 0 Å². The summed E-state index contributed by atoms with van der Waals surface area (Å²) in [4.78, 5) is 0.